The first-order valence-electron chi connectivity index (χ1n) is 7.62. The van der Waals surface area contributed by atoms with Crippen molar-refractivity contribution < 1.29 is 0 Å². The molecule has 18 heavy (non-hydrogen) atoms. The summed E-state index contributed by atoms with van der Waals surface area (Å²) < 4.78 is 2.60. The van der Waals surface area contributed by atoms with Gasteiger partial charge in [0.1, 0.15) is 0 Å². The molecular weight excluding hydrogens is 220 g/mol. The maximum Gasteiger partial charge on any atom is 0.0335 e. The Kier molecular flexibility index (Phi) is 4.87. The lowest BCUT2D eigenvalue weighted by atomic mass is 9.95. The van der Waals surface area contributed by atoms with Gasteiger partial charge >= 0.3 is 0 Å². The van der Waals surface area contributed by atoms with Crippen LogP contribution in [0.15, 0.2) is 6.07 Å². The number of aryl methyl sites for hydroxylation is 1. The summed E-state index contributed by atoms with van der Waals surface area (Å²) >= 11 is 0. The van der Waals surface area contributed by atoms with E-state index in [2.05, 4.69) is 36.7 Å². The molecule has 2 nitrogen and oxygen atoms in total. The zero-order valence-corrected chi connectivity index (χ0v) is 12.3. The minimum absolute atomic E-state index is 0.763. The molecule has 1 aliphatic carbocycles. The van der Waals surface area contributed by atoms with Crippen LogP contribution < -0.4 is 5.32 Å². The molecule has 0 atom stereocenters. The molecule has 1 aromatic rings. The third-order valence-corrected chi connectivity index (χ3v) is 4.27. The summed E-state index contributed by atoms with van der Waals surface area (Å²) in [6.07, 6.45) is 8.20. The molecule has 0 aliphatic heterocycles. The first kappa shape index (κ1) is 13.7. The van der Waals surface area contributed by atoms with Gasteiger partial charge in [0.05, 0.1) is 0 Å². The minimum Gasteiger partial charge on any atom is -0.346 e. The van der Waals surface area contributed by atoms with Gasteiger partial charge in [0.25, 0.3) is 0 Å². The summed E-state index contributed by atoms with van der Waals surface area (Å²) in [6.45, 7) is 8.93. The van der Waals surface area contributed by atoms with Gasteiger partial charge in [-0.1, -0.05) is 26.2 Å². The summed E-state index contributed by atoms with van der Waals surface area (Å²) in [5, 5.41) is 3.52. The van der Waals surface area contributed by atoms with E-state index in [0.717, 1.165) is 19.1 Å². The van der Waals surface area contributed by atoms with E-state index in [1.165, 1.54) is 55.5 Å². The van der Waals surface area contributed by atoms with Gasteiger partial charge in [-0.15, -0.1) is 0 Å². The van der Waals surface area contributed by atoms with Crippen molar-refractivity contribution in [3.8, 4) is 0 Å². The fourth-order valence-electron chi connectivity index (χ4n) is 3.33. The zero-order valence-electron chi connectivity index (χ0n) is 12.3. The second-order valence-electron chi connectivity index (χ2n) is 5.73. The molecule has 2 heteroatoms. The molecular formula is C16H28N2. The maximum atomic E-state index is 3.52. The fourth-order valence-corrected chi connectivity index (χ4v) is 3.33. The summed E-state index contributed by atoms with van der Waals surface area (Å²) in [4.78, 5) is 0. The van der Waals surface area contributed by atoms with Crippen molar-refractivity contribution in [3.05, 3.63) is 23.0 Å². The van der Waals surface area contributed by atoms with Crippen LogP contribution in [0.2, 0.25) is 0 Å². The second-order valence-corrected chi connectivity index (χ2v) is 5.73. The zero-order chi connectivity index (χ0) is 13.0. The molecule has 0 spiro atoms. The van der Waals surface area contributed by atoms with E-state index in [9.17, 15) is 0 Å². The molecule has 1 aromatic heterocycles. The van der Waals surface area contributed by atoms with Crippen molar-refractivity contribution in [2.45, 2.75) is 71.9 Å². The first-order valence-corrected chi connectivity index (χ1v) is 7.62. The van der Waals surface area contributed by atoms with Gasteiger partial charge in [-0.05, 0) is 51.3 Å². The molecule has 0 aromatic carbocycles. The van der Waals surface area contributed by atoms with E-state index in [1.54, 1.807) is 0 Å². The Labute approximate surface area is 112 Å². The monoisotopic (exact) mass is 248 g/mol. The molecule has 0 unspecified atom stereocenters. The van der Waals surface area contributed by atoms with Gasteiger partial charge in [0.2, 0.25) is 0 Å². The predicted octanol–water partition coefficient (Wildman–Crippen LogP) is 4.11. The van der Waals surface area contributed by atoms with E-state index < -0.39 is 0 Å². The summed E-state index contributed by atoms with van der Waals surface area (Å²) in [7, 11) is 0. The van der Waals surface area contributed by atoms with Crippen LogP contribution >= 0.6 is 0 Å². The van der Waals surface area contributed by atoms with Gasteiger partial charge in [-0.2, -0.15) is 0 Å². The largest absolute Gasteiger partial charge is 0.346 e. The molecule has 2 rings (SSSR count). The van der Waals surface area contributed by atoms with Gasteiger partial charge in [0, 0.05) is 24.0 Å². The molecule has 1 aliphatic rings. The van der Waals surface area contributed by atoms with Crippen LogP contribution in [0.3, 0.4) is 0 Å². The quantitative estimate of drug-likeness (QED) is 0.776. The Bertz CT molecular complexity index is 373. The standard InChI is InChI=1S/C16H28N2/c1-4-10-17-12-15-11-13(2)18(14(15)3)16-8-6-5-7-9-16/h11,16-17H,4-10,12H2,1-3H3. The van der Waals surface area contributed by atoms with Crippen molar-refractivity contribution in [1.82, 2.24) is 9.88 Å². The number of nitrogens with zero attached hydrogens (tertiary/aromatic N) is 1. The normalized spacial score (nSPS) is 17.3. The Morgan fingerprint density at radius 3 is 2.61 bits per heavy atom. The van der Waals surface area contributed by atoms with Crippen LogP contribution in [0, 0.1) is 13.8 Å². The van der Waals surface area contributed by atoms with E-state index in [4.69, 9.17) is 0 Å². The van der Waals surface area contributed by atoms with Crippen LogP contribution in [-0.2, 0) is 6.54 Å². The van der Waals surface area contributed by atoms with Gasteiger partial charge in [-0.3, -0.25) is 0 Å². The number of hydrogen-bond donors (Lipinski definition) is 1. The van der Waals surface area contributed by atoms with Crippen LogP contribution in [-0.4, -0.2) is 11.1 Å². The van der Waals surface area contributed by atoms with Gasteiger partial charge in [-0.25, -0.2) is 0 Å². The average Bonchev–Trinajstić information content (AvgIpc) is 2.66. The van der Waals surface area contributed by atoms with E-state index in [0.29, 0.717) is 0 Å². The van der Waals surface area contributed by atoms with Crippen molar-refractivity contribution in [2.24, 2.45) is 0 Å². The first-order chi connectivity index (χ1) is 8.74. The highest BCUT2D eigenvalue weighted by atomic mass is 15.0. The Morgan fingerprint density at radius 1 is 1.22 bits per heavy atom. The molecule has 102 valence electrons. The van der Waals surface area contributed by atoms with Gasteiger partial charge in [0.15, 0.2) is 0 Å². The van der Waals surface area contributed by atoms with Crippen molar-refractivity contribution in [3.63, 3.8) is 0 Å². The number of nitrogens with one attached hydrogen (secondary N) is 1. The lowest BCUT2D eigenvalue weighted by Crippen LogP contribution is -2.17. The topological polar surface area (TPSA) is 17.0 Å². The van der Waals surface area contributed by atoms with Crippen LogP contribution in [0.4, 0.5) is 0 Å². The van der Waals surface area contributed by atoms with Gasteiger partial charge < -0.3 is 9.88 Å². The molecule has 0 saturated heterocycles. The lowest BCUT2D eigenvalue weighted by molar-refractivity contribution is 0.345. The molecule has 1 N–H and O–H groups in total. The number of hydrogen-bond acceptors (Lipinski definition) is 1. The Morgan fingerprint density at radius 2 is 1.94 bits per heavy atom. The Balaban J connectivity index is 2.09. The molecule has 1 heterocycles. The molecule has 0 amide bonds. The average molecular weight is 248 g/mol. The summed E-state index contributed by atoms with van der Waals surface area (Å²) in [5.74, 6) is 0. The van der Waals surface area contributed by atoms with Crippen molar-refractivity contribution in [2.75, 3.05) is 6.54 Å². The highest BCUT2D eigenvalue weighted by Crippen LogP contribution is 2.32. The molecule has 1 fully saturated rings. The van der Waals surface area contributed by atoms with Crippen molar-refractivity contribution >= 4 is 0 Å². The van der Waals surface area contributed by atoms with E-state index >= 15 is 0 Å². The SMILES string of the molecule is CCCNCc1cc(C)n(C2CCCCC2)c1C. The van der Waals surface area contributed by atoms with Crippen LogP contribution in [0.25, 0.3) is 0 Å². The maximum absolute atomic E-state index is 3.52. The van der Waals surface area contributed by atoms with E-state index in [1.807, 2.05) is 0 Å². The predicted molar refractivity (Wildman–Crippen MR) is 78.0 cm³/mol. The molecule has 1 saturated carbocycles. The third-order valence-electron chi connectivity index (χ3n) is 4.27. The third kappa shape index (κ3) is 2.97. The van der Waals surface area contributed by atoms with Crippen LogP contribution in [0.1, 0.15) is 68.4 Å². The minimum atomic E-state index is 0.763. The highest BCUT2D eigenvalue weighted by Gasteiger charge is 2.19. The fraction of sp³-hybridized carbons (Fsp3) is 0.750. The van der Waals surface area contributed by atoms with Crippen molar-refractivity contribution in [1.29, 1.82) is 0 Å². The Hall–Kier alpha value is -0.760. The smallest absolute Gasteiger partial charge is 0.0335 e. The molecule has 0 radical (unpaired) electrons. The van der Waals surface area contributed by atoms with E-state index in [-0.39, 0.29) is 0 Å². The van der Waals surface area contributed by atoms with Crippen LogP contribution in [0.5, 0.6) is 0 Å². The summed E-state index contributed by atoms with van der Waals surface area (Å²) in [6, 6.07) is 3.14. The number of rotatable bonds is 5. The highest BCUT2D eigenvalue weighted by molar-refractivity contribution is 5.27. The molecule has 0 bridgehead atoms. The number of aromatic nitrogens is 1. The lowest BCUT2D eigenvalue weighted by Gasteiger charge is -2.26. The summed E-state index contributed by atoms with van der Waals surface area (Å²) in [5.41, 5.74) is 4.43. The second kappa shape index (κ2) is 6.42.